The van der Waals surface area contributed by atoms with Crippen LogP contribution in [0.15, 0.2) is 66.9 Å². The molecule has 6 heteroatoms. The quantitative estimate of drug-likeness (QED) is 0.340. The van der Waals surface area contributed by atoms with Gasteiger partial charge in [-0.05, 0) is 78.0 Å². The molecule has 0 bridgehead atoms. The molecular weight excluding hydrogens is 468 g/mol. The first-order valence-corrected chi connectivity index (χ1v) is 12.9. The lowest BCUT2D eigenvalue weighted by atomic mass is 9.50. The third-order valence-corrected chi connectivity index (χ3v) is 8.19. The molecule has 2 aliphatic rings. The number of hydrogen-bond acceptors (Lipinski definition) is 3. The molecule has 2 aliphatic carbocycles. The Morgan fingerprint density at radius 2 is 1.89 bits per heavy atom. The van der Waals surface area contributed by atoms with Gasteiger partial charge in [-0.15, -0.1) is 0 Å². The number of amides is 1. The molecule has 1 spiro atoms. The molecule has 0 radical (unpaired) electrons. The normalized spacial score (nSPS) is 22.6. The summed E-state index contributed by atoms with van der Waals surface area (Å²) in [5.41, 5.74) is 5.61. The third-order valence-electron chi connectivity index (χ3n) is 7.86. The lowest BCUT2D eigenvalue weighted by Crippen LogP contribution is -2.55. The summed E-state index contributed by atoms with van der Waals surface area (Å²) >= 11 is 6.48. The van der Waals surface area contributed by atoms with E-state index < -0.39 is 0 Å². The van der Waals surface area contributed by atoms with Crippen LogP contribution in [0.2, 0.25) is 5.02 Å². The van der Waals surface area contributed by atoms with Gasteiger partial charge in [0.25, 0.3) is 5.91 Å². The highest BCUT2D eigenvalue weighted by atomic mass is 35.5. The van der Waals surface area contributed by atoms with Crippen molar-refractivity contribution in [3.05, 3.63) is 88.6 Å². The number of carbonyl (C=O) groups is 1. The van der Waals surface area contributed by atoms with Crippen LogP contribution in [-0.2, 0) is 6.54 Å². The highest BCUT2D eigenvalue weighted by molar-refractivity contribution is 6.36. The van der Waals surface area contributed by atoms with Crippen molar-refractivity contribution in [3.8, 4) is 17.2 Å². The van der Waals surface area contributed by atoms with Crippen molar-refractivity contribution >= 4 is 28.4 Å². The second-order valence-electron chi connectivity index (χ2n) is 10.6. The van der Waals surface area contributed by atoms with Gasteiger partial charge in [0, 0.05) is 11.4 Å². The molecule has 1 aromatic heterocycles. The van der Waals surface area contributed by atoms with E-state index in [0.29, 0.717) is 28.1 Å². The van der Waals surface area contributed by atoms with Gasteiger partial charge in [-0.25, -0.2) is 0 Å². The van der Waals surface area contributed by atoms with Gasteiger partial charge < -0.3 is 5.32 Å². The van der Waals surface area contributed by atoms with E-state index in [4.69, 9.17) is 11.6 Å². The van der Waals surface area contributed by atoms with Gasteiger partial charge in [-0.1, -0.05) is 54.9 Å². The predicted octanol–water partition coefficient (Wildman–Crippen LogP) is 6.59. The minimum Gasteiger partial charge on any atom is -0.349 e. The lowest BCUT2D eigenvalue weighted by Gasteiger charge is -2.57. The first-order chi connectivity index (χ1) is 17.4. The van der Waals surface area contributed by atoms with E-state index in [9.17, 15) is 10.1 Å². The molecule has 36 heavy (non-hydrogen) atoms. The van der Waals surface area contributed by atoms with Crippen molar-refractivity contribution in [1.82, 2.24) is 15.1 Å². The van der Waals surface area contributed by atoms with Crippen molar-refractivity contribution in [3.63, 3.8) is 0 Å². The Balaban J connectivity index is 1.23. The Labute approximate surface area is 215 Å². The second-order valence-corrected chi connectivity index (χ2v) is 11.0. The summed E-state index contributed by atoms with van der Waals surface area (Å²) in [6, 6.07) is 21.8. The molecule has 6 rings (SSSR count). The van der Waals surface area contributed by atoms with Crippen molar-refractivity contribution in [2.75, 3.05) is 0 Å². The summed E-state index contributed by atoms with van der Waals surface area (Å²) in [5, 5.41) is 18.4. The van der Waals surface area contributed by atoms with Gasteiger partial charge >= 0.3 is 0 Å². The highest BCUT2D eigenvalue weighted by Crippen LogP contribution is 2.58. The van der Waals surface area contributed by atoms with E-state index in [1.54, 1.807) is 18.3 Å². The van der Waals surface area contributed by atoms with Crippen LogP contribution in [0.4, 0.5) is 0 Å². The van der Waals surface area contributed by atoms with E-state index in [-0.39, 0.29) is 11.9 Å². The van der Waals surface area contributed by atoms with Gasteiger partial charge in [0.05, 0.1) is 40.5 Å². The first kappa shape index (κ1) is 22.8. The Morgan fingerprint density at radius 1 is 1.11 bits per heavy atom. The molecule has 0 aliphatic heterocycles. The SMILES string of the molecule is CC1CC2(C1)CC(NC(=O)c1ccc(Cl)c3cnn(Cc4ccc(-c5cccc(C#N)c5)cc4)c13)C2. The van der Waals surface area contributed by atoms with E-state index in [2.05, 4.69) is 35.5 Å². The van der Waals surface area contributed by atoms with Crippen LogP contribution in [0.3, 0.4) is 0 Å². The number of carbonyl (C=O) groups excluding carboxylic acids is 1. The molecule has 3 aromatic carbocycles. The van der Waals surface area contributed by atoms with Crippen LogP contribution in [-0.4, -0.2) is 21.7 Å². The first-order valence-electron chi connectivity index (χ1n) is 12.5. The maximum atomic E-state index is 13.3. The minimum atomic E-state index is -0.0571. The molecule has 0 saturated heterocycles. The van der Waals surface area contributed by atoms with Crippen LogP contribution in [0.25, 0.3) is 22.0 Å². The number of aromatic nitrogens is 2. The summed E-state index contributed by atoms with van der Waals surface area (Å²) in [6.07, 6.45) is 6.50. The number of halogens is 1. The zero-order valence-corrected chi connectivity index (χ0v) is 20.9. The van der Waals surface area contributed by atoms with Gasteiger partial charge in [0.15, 0.2) is 0 Å². The molecule has 0 unspecified atom stereocenters. The summed E-state index contributed by atoms with van der Waals surface area (Å²) in [5.74, 6) is 0.766. The maximum Gasteiger partial charge on any atom is 0.253 e. The molecule has 2 fully saturated rings. The smallest absolute Gasteiger partial charge is 0.253 e. The summed E-state index contributed by atoms with van der Waals surface area (Å²) in [4.78, 5) is 13.3. The molecule has 1 N–H and O–H groups in total. The summed E-state index contributed by atoms with van der Waals surface area (Å²) in [7, 11) is 0. The fraction of sp³-hybridized carbons (Fsp3) is 0.300. The average Bonchev–Trinajstić information content (AvgIpc) is 3.27. The molecule has 1 amide bonds. The number of rotatable bonds is 5. The lowest BCUT2D eigenvalue weighted by molar-refractivity contribution is -0.0399. The van der Waals surface area contributed by atoms with Gasteiger partial charge in [-0.2, -0.15) is 10.4 Å². The molecule has 2 saturated carbocycles. The molecule has 0 atom stereocenters. The van der Waals surface area contributed by atoms with E-state index >= 15 is 0 Å². The van der Waals surface area contributed by atoms with Crippen molar-refractivity contribution in [2.45, 2.75) is 45.2 Å². The van der Waals surface area contributed by atoms with Crippen LogP contribution >= 0.6 is 11.6 Å². The fourth-order valence-corrected chi connectivity index (χ4v) is 6.52. The number of benzene rings is 3. The number of nitrogens with one attached hydrogen (secondary N) is 1. The monoisotopic (exact) mass is 494 g/mol. The Morgan fingerprint density at radius 3 is 2.61 bits per heavy atom. The number of fused-ring (bicyclic) bond motifs is 1. The fourth-order valence-electron chi connectivity index (χ4n) is 6.32. The molecule has 5 nitrogen and oxygen atoms in total. The van der Waals surface area contributed by atoms with E-state index in [0.717, 1.165) is 46.4 Å². The average molecular weight is 495 g/mol. The maximum absolute atomic E-state index is 13.3. The summed E-state index contributed by atoms with van der Waals surface area (Å²) in [6.45, 7) is 2.83. The largest absolute Gasteiger partial charge is 0.349 e. The number of nitriles is 1. The van der Waals surface area contributed by atoms with Crippen molar-refractivity contribution < 1.29 is 4.79 Å². The van der Waals surface area contributed by atoms with Gasteiger partial charge in [0.1, 0.15) is 0 Å². The Hall–Kier alpha value is -3.62. The van der Waals surface area contributed by atoms with Gasteiger partial charge in [0.2, 0.25) is 0 Å². The zero-order chi connectivity index (χ0) is 24.9. The Bertz CT molecular complexity index is 1500. The van der Waals surface area contributed by atoms with Crippen molar-refractivity contribution in [1.29, 1.82) is 5.26 Å². The third kappa shape index (κ3) is 4.06. The molecule has 180 valence electrons. The van der Waals surface area contributed by atoms with Crippen LogP contribution in [0, 0.1) is 22.7 Å². The zero-order valence-electron chi connectivity index (χ0n) is 20.2. The second kappa shape index (κ2) is 8.80. The van der Waals surface area contributed by atoms with Crippen LogP contribution in [0.5, 0.6) is 0 Å². The number of nitrogens with zero attached hydrogens (tertiary/aromatic N) is 3. The molecule has 1 heterocycles. The summed E-state index contributed by atoms with van der Waals surface area (Å²) < 4.78 is 1.86. The number of hydrogen-bond donors (Lipinski definition) is 1. The van der Waals surface area contributed by atoms with Crippen molar-refractivity contribution in [2.24, 2.45) is 11.3 Å². The predicted molar refractivity (Wildman–Crippen MR) is 142 cm³/mol. The molecular formula is C30H27ClN4O. The van der Waals surface area contributed by atoms with E-state index in [1.165, 1.54) is 12.8 Å². The standard InChI is InChI=1S/C30H27ClN4O/c1-19-12-30(13-19)14-24(15-30)34-29(36)25-9-10-27(31)26-17-33-35(28(25)26)18-20-5-7-22(8-6-20)23-4-2-3-21(11-23)16-32/h2-11,17,19,24H,12-15,18H2,1H3,(H,34,36). The van der Waals surface area contributed by atoms with Crippen LogP contribution < -0.4 is 5.32 Å². The van der Waals surface area contributed by atoms with Gasteiger partial charge in [-0.3, -0.25) is 9.48 Å². The van der Waals surface area contributed by atoms with E-state index in [1.807, 2.05) is 41.1 Å². The molecule has 4 aromatic rings. The minimum absolute atomic E-state index is 0.0571. The highest BCUT2D eigenvalue weighted by Gasteiger charge is 2.51. The Kier molecular flexibility index (Phi) is 5.58. The van der Waals surface area contributed by atoms with Crippen LogP contribution in [0.1, 0.15) is 54.1 Å². The topological polar surface area (TPSA) is 70.7 Å².